The van der Waals surface area contributed by atoms with E-state index in [-0.39, 0.29) is 5.91 Å². The van der Waals surface area contributed by atoms with Crippen LogP contribution in [0.3, 0.4) is 0 Å². The van der Waals surface area contributed by atoms with Gasteiger partial charge in [-0.1, -0.05) is 35.5 Å². The molecule has 0 radical (unpaired) electrons. The van der Waals surface area contributed by atoms with Gasteiger partial charge in [-0.3, -0.25) is 4.79 Å². The lowest BCUT2D eigenvalue weighted by atomic mass is 10.2. The van der Waals surface area contributed by atoms with Gasteiger partial charge in [0.15, 0.2) is 0 Å². The van der Waals surface area contributed by atoms with E-state index in [2.05, 4.69) is 4.98 Å². The molecule has 0 N–H and O–H groups in total. The zero-order valence-corrected chi connectivity index (χ0v) is 16.3. The van der Waals surface area contributed by atoms with Gasteiger partial charge in [0.1, 0.15) is 17.4 Å². The molecule has 0 saturated heterocycles. The van der Waals surface area contributed by atoms with Gasteiger partial charge >= 0.3 is 0 Å². The summed E-state index contributed by atoms with van der Waals surface area (Å²) in [6.45, 7) is 3.02. The normalized spacial score (nSPS) is 10.4. The Morgan fingerprint density at radius 2 is 1.78 bits per heavy atom. The van der Waals surface area contributed by atoms with Gasteiger partial charge in [-0.05, 0) is 55.5 Å². The zero-order valence-electron chi connectivity index (χ0n) is 15.5. The number of hydrogen-bond donors (Lipinski definition) is 0. The Hall–Kier alpha value is -2.79. The number of hydrogen-bond acceptors (Lipinski definition) is 4. The van der Waals surface area contributed by atoms with Crippen molar-refractivity contribution in [1.29, 1.82) is 0 Å². The minimum absolute atomic E-state index is 0.0168. The highest BCUT2D eigenvalue weighted by Crippen LogP contribution is 2.25. The second-order valence-electron chi connectivity index (χ2n) is 6.18. The first kappa shape index (κ1) is 19.0. The van der Waals surface area contributed by atoms with E-state index in [0.29, 0.717) is 18.7 Å². The van der Waals surface area contributed by atoms with Crippen LogP contribution in [0.4, 0.5) is 0 Å². The first-order valence-corrected chi connectivity index (χ1v) is 9.57. The molecule has 0 aliphatic heterocycles. The van der Waals surface area contributed by atoms with Crippen LogP contribution in [0.5, 0.6) is 5.75 Å². The van der Waals surface area contributed by atoms with Gasteiger partial charge in [-0.2, -0.15) is 0 Å². The van der Waals surface area contributed by atoms with Crippen LogP contribution in [0.25, 0.3) is 0 Å². The topological polar surface area (TPSA) is 42.4 Å². The lowest BCUT2D eigenvalue weighted by Crippen LogP contribution is -2.30. The number of aromatic nitrogens is 1. The van der Waals surface area contributed by atoms with Crippen LogP contribution in [0.2, 0.25) is 0 Å². The molecule has 1 aromatic heterocycles. The number of nitrogens with zero attached hydrogens (tertiary/aromatic N) is 2. The van der Waals surface area contributed by atoms with Crippen molar-refractivity contribution < 1.29 is 9.53 Å². The van der Waals surface area contributed by atoms with E-state index >= 15 is 0 Å². The van der Waals surface area contributed by atoms with Crippen molar-refractivity contribution in [3.63, 3.8) is 0 Å². The Labute approximate surface area is 164 Å². The predicted molar refractivity (Wildman–Crippen MR) is 108 cm³/mol. The van der Waals surface area contributed by atoms with Gasteiger partial charge < -0.3 is 9.64 Å². The molecule has 4 nitrogen and oxygen atoms in total. The monoisotopic (exact) mass is 378 g/mol. The molecule has 1 amide bonds. The second-order valence-corrected chi connectivity index (χ2v) is 7.28. The molecule has 0 unspecified atom stereocenters. The first-order chi connectivity index (χ1) is 13.1. The summed E-state index contributed by atoms with van der Waals surface area (Å²) in [5.74, 6) is 0.800. The summed E-state index contributed by atoms with van der Waals surface area (Å²) in [6.07, 6.45) is 1.77. The molecule has 0 bridgehead atoms. The lowest BCUT2D eigenvalue weighted by Gasteiger charge is -2.17. The molecule has 0 aliphatic carbocycles. The smallest absolute Gasteiger partial charge is 0.253 e. The maximum Gasteiger partial charge on any atom is 0.253 e. The third-order valence-electron chi connectivity index (χ3n) is 4.02. The van der Waals surface area contributed by atoms with E-state index in [1.54, 1.807) is 29.9 Å². The molecule has 138 valence electrons. The van der Waals surface area contributed by atoms with Crippen LogP contribution < -0.4 is 4.74 Å². The highest BCUT2D eigenvalue weighted by atomic mass is 32.2. The Balaban J connectivity index is 1.51. The average molecular weight is 378 g/mol. The summed E-state index contributed by atoms with van der Waals surface area (Å²) in [4.78, 5) is 19.6. The summed E-state index contributed by atoms with van der Waals surface area (Å²) in [5, 5.41) is 0.932. The number of pyridine rings is 1. The molecule has 0 atom stereocenters. The molecule has 0 fully saturated rings. The molecule has 0 aliphatic rings. The predicted octanol–water partition coefficient (Wildman–Crippen LogP) is 4.69. The van der Waals surface area contributed by atoms with Crippen LogP contribution in [0.15, 0.2) is 82.8 Å². The lowest BCUT2D eigenvalue weighted by molar-refractivity contribution is 0.0773. The van der Waals surface area contributed by atoms with Crippen molar-refractivity contribution in [2.75, 3.05) is 20.2 Å². The van der Waals surface area contributed by atoms with Gasteiger partial charge in [0, 0.05) is 23.7 Å². The van der Waals surface area contributed by atoms with Crippen LogP contribution in [0, 0.1) is 6.92 Å². The summed E-state index contributed by atoms with van der Waals surface area (Å²) in [5.41, 5.74) is 1.86. The van der Waals surface area contributed by atoms with Crippen LogP contribution >= 0.6 is 11.8 Å². The molecular weight excluding hydrogens is 356 g/mol. The average Bonchev–Trinajstić information content (AvgIpc) is 2.70. The number of amides is 1. The van der Waals surface area contributed by atoms with Crippen LogP contribution in [0.1, 0.15) is 15.9 Å². The molecule has 1 heterocycles. The van der Waals surface area contributed by atoms with Gasteiger partial charge in [-0.25, -0.2) is 4.98 Å². The minimum Gasteiger partial charge on any atom is -0.492 e. The maximum atomic E-state index is 12.6. The van der Waals surface area contributed by atoms with E-state index in [1.807, 2.05) is 73.7 Å². The third kappa shape index (κ3) is 5.59. The van der Waals surface area contributed by atoms with Crippen molar-refractivity contribution >= 4 is 17.7 Å². The van der Waals surface area contributed by atoms with E-state index in [1.165, 1.54) is 5.56 Å². The van der Waals surface area contributed by atoms with Crippen molar-refractivity contribution in [2.24, 2.45) is 0 Å². The van der Waals surface area contributed by atoms with Crippen LogP contribution in [-0.2, 0) is 0 Å². The molecule has 3 rings (SSSR count). The van der Waals surface area contributed by atoms with E-state index in [0.717, 1.165) is 15.7 Å². The SMILES string of the molecule is Cc1ccc(OCCN(C)C(=O)c2ccc(Sc3ccccn3)cc2)cc1. The second kappa shape index (κ2) is 9.24. The fourth-order valence-electron chi connectivity index (χ4n) is 2.45. The quantitative estimate of drug-likeness (QED) is 0.598. The summed E-state index contributed by atoms with van der Waals surface area (Å²) >= 11 is 1.57. The Kier molecular flexibility index (Phi) is 6.49. The van der Waals surface area contributed by atoms with E-state index in [4.69, 9.17) is 4.74 Å². The van der Waals surface area contributed by atoms with E-state index < -0.39 is 0 Å². The fourth-order valence-corrected chi connectivity index (χ4v) is 3.22. The first-order valence-electron chi connectivity index (χ1n) is 8.76. The Morgan fingerprint density at radius 3 is 2.44 bits per heavy atom. The number of carbonyl (C=O) groups is 1. The summed E-state index contributed by atoms with van der Waals surface area (Å²) in [7, 11) is 1.79. The van der Waals surface area contributed by atoms with Gasteiger partial charge in [0.2, 0.25) is 0 Å². The number of carbonyl (C=O) groups excluding carboxylic acids is 1. The molecular formula is C22H22N2O2S. The Morgan fingerprint density at radius 1 is 1.04 bits per heavy atom. The summed E-state index contributed by atoms with van der Waals surface area (Å²) in [6, 6.07) is 21.3. The van der Waals surface area contributed by atoms with Gasteiger partial charge in [-0.15, -0.1) is 0 Å². The van der Waals surface area contributed by atoms with Crippen molar-refractivity contribution in [1.82, 2.24) is 9.88 Å². The summed E-state index contributed by atoms with van der Waals surface area (Å²) < 4.78 is 5.70. The van der Waals surface area contributed by atoms with Crippen molar-refractivity contribution in [3.8, 4) is 5.75 Å². The number of likely N-dealkylation sites (N-methyl/N-ethyl adjacent to an activating group) is 1. The molecule has 0 spiro atoms. The number of aryl methyl sites for hydroxylation is 1. The maximum absolute atomic E-state index is 12.6. The molecule has 3 aromatic rings. The highest BCUT2D eigenvalue weighted by molar-refractivity contribution is 7.99. The number of rotatable bonds is 7. The third-order valence-corrected chi connectivity index (χ3v) is 4.98. The molecule has 0 saturated carbocycles. The largest absolute Gasteiger partial charge is 0.492 e. The van der Waals surface area contributed by atoms with Crippen LogP contribution in [-0.4, -0.2) is 36.0 Å². The zero-order chi connectivity index (χ0) is 19.1. The number of benzene rings is 2. The van der Waals surface area contributed by atoms with E-state index in [9.17, 15) is 4.79 Å². The van der Waals surface area contributed by atoms with Gasteiger partial charge in [0.25, 0.3) is 5.91 Å². The van der Waals surface area contributed by atoms with Gasteiger partial charge in [0.05, 0.1) is 6.54 Å². The van der Waals surface area contributed by atoms with Crippen molar-refractivity contribution in [2.45, 2.75) is 16.8 Å². The molecule has 27 heavy (non-hydrogen) atoms. The molecule has 2 aromatic carbocycles. The minimum atomic E-state index is -0.0168. The Bertz CT molecular complexity index is 865. The number of ether oxygens (including phenoxy) is 1. The highest BCUT2D eigenvalue weighted by Gasteiger charge is 2.12. The standard InChI is InChI=1S/C22H22N2O2S/c1-17-6-10-19(11-7-17)26-16-15-24(2)22(25)18-8-12-20(13-9-18)27-21-5-3-4-14-23-21/h3-14H,15-16H2,1-2H3. The molecule has 5 heteroatoms. The fraction of sp³-hybridized carbons (Fsp3) is 0.182. The van der Waals surface area contributed by atoms with Crippen molar-refractivity contribution in [3.05, 3.63) is 84.1 Å².